The van der Waals surface area contributed by atoms with Gasteiger partial charge in [0.1, 0.15) is 18.0 Å². The van der Waals surface area contributed by atoms with E-state index in [-0.39, 0.29) is 5.82 Å². The molecule has 8 heteroatoms. The van der Waals surface area contributed by atoms with Crippen molar-refractivity contribution in [3.63, 3.8) is 0 Å². The van der Waals surface area contributed by atoms with Gasteiger partial charge in [-0.1, -0.05) is 0 Å². The Morgan fingerprint density at radius 2 is 1.83 bits per heavy atom. The molecule has 2 heterocycles. The van der Waals surface area contributed by atoms with Crippen molar-refractivity contribution in [3.05, 3.63) is 59.9 Å². The molecular formula is C16H15FN6O. The van der Waals surface area contributed by atoms with E-state index in [0.29, 0.717) is 17.3 Å². The van der Waals surface area contributed by atoms with Gasteiger partial charge in [0.05, 0.1) is 5.69 Å². The SMILES string of the molecule is Cc1cc(C)n(-c2cc(NC(=O)Nc3ccc(F)cc3)ncn2)n1. The van der Waals surface area contributed by atoms with Gasteiger partial charge in [0.25, 0.3) is 0 Å². The number of carbonyl (C=O) groups is 1. The monoisotopic (exact) mass is 326 g/mol. The Morgan fingerprint density at radius 3 is 2.50 bits per heavy atom. The zero-order chi connectivity index (χ0) is 17.1. The summed E-state index contributed by atoms with van der Waals surface area (Å²) in [6, 6.07) is 8.52. The highest BCUT2D eigenvalue weighted by Crippen LogP contribution is 2.13. The number of urea groups is 1. The number of amides is 2. The van der Waals surface area contributed by atoms with E-state index in [1.807, 2.05) is 19.9 Å². The largest absolute Gasteiger partial charge is 0.324 e. The van der Waals surface area contributed by atoms with E-state index < -0.39 is 6.03 Å². The van der Waals surface area contributed by atoms with Crippen LogP contribution < -0.4 is 10.6 Å². The van der Waals surface area contributed by atoms with Crippen LogP contribution in [0.3, 0.4) is 0 Å². The van der Waals surface area contributed by atoms with Crippen molar-refractivity contribution in [2.24, 2.45) is 0 Å². The number of carbonyl (C=O) groups excluding carboxylic acids is 1. The van der Waals surface area contributed by atoms with Gasteiger partial charge in [0.15, 0.2) is 5.82 Å². The zero-order valence-corrected chi connectivity index (χ0v) is 13.1. The molecule has 2 aromatic heterocycles. The molecule has 2 amide bonds. The molecule has 122 valence electrons. The standard InChI is InChI=1S/C16H15FN6O/c1-10-7-11(2)23(22-10)15-8-14(18-9-19-15)21-16(24)20-13-5-3-12(17)4-6-13/h3-9H,1-2H3,(H2,18,19,20,21,24). The summed E-state index contributed by atoms with van der Waals surface area (Å²) in [6.45, 7) is 3.80. The zero-order valence-electron chi connectivity index (χ0n) is 13.1. The van der Waals surface area contributed by atoms with Crippen LogP contribution in [0.5, 0.6) is 0 Å². The highest BCUT2D eigenvalue weighted by Gasteiger charge is 2.09. The second-order valence-electron chi connectivity index (χ2n) is 5.19. The molecule has 0 aliphatic heterocycles. The minimum absolute atomic E-state index is 0.326. The second kappa shape index (κ2) is 6.45. The normalized spacial score (nSPS) is 10.5. The highest BCUT2D eigenvalue weighted by atomic mass is 19.1. The van der Waals surface area contributed by atoms with Gasteiger partial charge in [0, 0.05) is 17.4 Å². The van der Waals surface area contributed by atoms with Crippen LogP contribution in [0.15, 0.2) is 42.7 Å². The number of rotatable bonds is 3. The lowest BCUT2D eigenvalue weighted by Crippen LogP contribution is -2.20. The number of aryl methyl sites for hydroxylation is 2. The molecule has 0 fully saturated rings. The molecule has 0 saturated carbocycles. The van der Waals surface area contributed by atoms with Gasteiger partial charge in [-0.2, -0.15) is 5.10 Å². The molecule has 0 aliphatic carbocycles. The van der Waals surface area contributed by atoms with Gasteiger partial charge < -0.3 is 5.32 Å². The third kappa shape index (κ3) is 3.54. The number of benzene rings is 1. The van der Waals surface area contributed by atoms with Crippen LogP contribution in [0.2, 0.25) is 0 Å². The van der Waals surface area contributed by atoms with Crippen molar-refractivity contribution in [1.82, 2.24) is 19.7 Å². The maximum absolute atomic E-state index is 12.9. The van der Waals surface area contributed by atoms with Crippen molar-refractivity contribution in [1.29, 1.82) is 0 Å². The van der Waals surface area contributed by atoms with Crippen LogP contribution in [0.1, 0.15) is 11.4 Å². The van der Waals surface area contributed by atoms with Gasteiger partial charge in [-0.15, -0.1) is 0 Å². The van der Waals surface area contributed by atoms with Crippen molar-refractivity contribution >= 4 is 17.5 Å². The molecule has 2 N–H and O–H groups in total. The second-order valence-corrected chi connectivity index (χ2v) is 5.19. The average Bonchev–Trinajstić information content (AvgIpc) is 2.88. The van der Waals surface area contributed by atoms with E-state index in [4.69, 9.17) is 0 Å². The lowest BCUT2D eigenvalue weighted by Gasteiger charge is -2.08. The molecule has 7 nitrogen and oxygen atoms in total. The summed E-state index contributed by atoms with van der Waals surface area (Å²) in [5.74, 6) is 0.506. The first-order chi connectivity index (χ1) is 11.5. The number of anilines is 2. The molecule has 0 saturated heterocycles. The van der Waals surface area contributed by atoms with E-state index in [2.05, 4.69) is 25.7 Å². The molecule has 1 aromatic carbocycles. The summed E-state index contributed by atoms with van der Waals surface area (Å²) in [5.41, 5.74) is 2.27. The molecule has 0 atom stereocenters. The third-order valence-corrected chi connectivity index (χ3v) is 3.22. The Kier molecular flexibility index (Phi) is 4.19. The molecule has 3 rings (SSSR count). The van der Waals surface area contributed by atoms with Crippen molar-refractivity contribution in [3.8, 4) is 5.82 Å². The first kappa shape index (κ1) is 15.6. The van der Waals surface area contributed by atoms with Gasteiger partial charge >= 0.3 is 6.03 Å². The minimum Gasteiger partial charge on any atom is -0.308 e. The number of nitrogens with one attached hydrogen (secondary N) is 2. The number of halogens is 1. The van der Waals surface area contributed by atoms with Crippen LogP contribution in [0.4, 0.5) is 20.7 Å². The van der Waals surface area contributed by atoms with Crippen molar-refractivity contribution in [2.45, 2.75) is 13.8 Å². The van der Waals surface area contributed by atoms with E-state index in [0.717, 1.165) is 11.4 Å². The topological polar surface area (TPSA) is 84.7 Å². The van der Waals surface area contributed by atoms with Gasteiger partial charge in [-0.3, -0.25) is 5.32 Å². The van der Waals surface area contributed by atoms with E-state index in [9.17, 15) is 9.18 Å². The third-order valence-electron chi connectivity index (χ3n) is 3.22. The number of nitrogens with zero attached hydrogens (tertiary/aromatic N) is 4. The summed E-state index contributed by atoms with van der Waals surface area (Å²) in [5, 5.41) is 9.54. The predicted octanol–water partition coefficient (Wildman–Crippen LogP) is 3.06. The summed E-state index contributed by atoms with van der Waals surface area (Å²) < 4.78 is 14.5. The Hall–Kier alpha value is -3.29. The lowest BCUT2D eigenvalue weighted by atomic mass is 10.3. The summed E-state index contributed by atoms with van der Waals surface area (Å²) in [7, 11) is 0. The van der Waals surface area contributed by atoms with Crippen LogP contribution in [-0.2, 0) is 0 Å². The smallest absolute Gasteiger partial charge is 0.308 e. The first-order valence-electron chi connectivity index (χ1n) is 7.20. The summed E-state index contributed by atoms with van der Waals surface area (Å²) >= 11 is 0. The average molecular weight is 326 g/mol. The minimum atomic E-state index is -0.486. The van der Waals surface area contributed by atoms with Crippen LogP contribution in [-0.4, -0.2) is 25.8 Å². The maximum Gasteiger partial charge on any atom is 0.324 e. The Balaban J connectivity index is 1.73. The summed E-state index contributed by atoms with van der Waals surface area (Å²) in [6.07, 6.45) is 1.35. The van der Waals surface area contributed by atoms with Gasteiger partial charge in [0.2, 0.25) is 0 Å². The highest BCUT2D eigenvalue weighted by molar-refractivity contribution is 5.99. The predicted molar refractivity (Wildman–Crippen MR) is 87.7 cm³/mol. The molecule has 24 heavy (non-hydrogen) atoms. The van der Waals surface area contributed by atoms with Crippen molar-refractivity contribution in [2.75, 3.05) is 10.6 Å². The Bertz CT molecular complexity index is 875. The summed E-state index contributed by atoms with van der Waals surface area (Å²) in [4.78, 5) is 20.2. The molecule has 0 bridgehead atoms. The molecule has 0 radical (unpaired) electrons. The lowest BCUT2D eigenvalue weighted by molar-refractivity contribution is 0.262. The Morgan fingerprint density at radius 1 is 1.08 bits per heavy atom. The first-order valence-corrected chi connectivity index (χ1v) is 7.20. The molecule has 0 aliphatic rings. The Labute approximate surface area is 137 Å². The van der Waals surface area contributed by atoms with E-state index >= 15 is 0 Å². The number of hydrogen-bond donors (Lipinski definition) is 2. The van der Waals surface area contributed by atoms with Crippen molar-refractivity contribution < 1.29 is 9.18 Å². The molecular weight excluding hydrogens is 311 g/mol. The fourth-order valence-corrected chi connectivity index (χ4v) is 2.20. The van der Waals surface area contributed by atoms with E-state index in [1.165, 1.54) is 30.6 Å². The fourth-order valence-electron chi connectivity index (χ4n) is 2.20. The van der Waals surface area contributed by atoms with Gasteiger partial charge in [-0.05, 0) is 44.2 Å². The van der Waals surface area contributed by atoms with Crippen LogP contribution in [0.25, 0.3) is 5.82 Å². The van der Waals surface area contributed by atoms with Crippen LogP contribution in [0, 0.1) is 19.7 Å². The van der Waals surface area contributed by atoms with Crippen LogP contribution >= 0.6 is 0 Å². The number of hydrogen-bond acceptors (Lipinski definition) is 4. The number of aromatic nitrogens is 4. The molecule has 0 unspecified atom stereocenters. The quantitative estimate of drug-likeness (QED) is 0.774. The molecule has 0 spiro atoms. The fraction of sp³-hybridized carbons (Fsp3) is 0.125. The van der Waals surface area contributed by atoms with Gasteiger partial charge in [-0.25, -0.2) is 23.8 Å². The van der Waals surface area contributed by atoms with E-state index in [1.54, 1.807) is 10.7 Å². The maximum atomic E-state index is 12.9. The molecule has 3 aromatic rings.